The lowest BCUT2D eigenvalue weighted by molar-refractivity contribution is 0.00867. The number of pyridine rings is 1. The van der Waals surface area contributed by atoms with E-state index in [1.165, 1.54) is 0 Å². The molecular weight excluding hydrogens is 188 g/mol. The molecule has 2 rings (SSSR count). The molecule has 0 radical (unpaired) electrons. The molecule has 1 aliphatic rings. The van der Waals surface area contributed by atoms with Gasteiger partial charge in [0.05, 0.1) is 5.60 Å². The number of hydrogen-bond acceptors (Lipinski definition) is 3. The number of rotatable bonds is 3. The highest BCUT2D eigenvalue weighted by Gasteiger charge is 2.28. The summed E-state index contributed by atoms with van der Waals surface area (Å²) in [6.45, 7) is 1.76. The number of aryl methyl sites for hydroxylation is 1. The van der Waals surface area contributed by atoms with Gasteiger partial charge >= 0.3 is 0 Å². The average Bonchev–Trinajstić information content (AvgIpc) is 2.29. The summed E-state index contributed by atoms with van der Waals surface area (Å²) >= 11 is 0. The lowest BCUT2D eigenvalue weighted by atomic mass is 9.89. The second kappa shape index (κ2) is 4.73. The van der Waals surface area contributed by atoms with E-state index in [2.05, 4.69) is 10.3 Å². The summed E-state index contributed by atoms with van der Waals surface area (Å²) in [7, 11) is 0. The van der Waals surface area contributed by atoms with E-state index in [4.69, 9.17) is 0 Å². The molecule has 82 valence electrons. The molecule has 1 fully saturated rings. The van der Waals surface area contributed by atoms with Crippen molar-refractivity contribution >= 4 is 0 Å². The lowest BCUT2D eigenvalue weighted by Gasteiger charge is -2.32. The maximum Gasteiger partial charge on any atom is 0.0775 e. The molecule has 3 heteroatoms. The van der Waals surface area contributed by atoms with E-state index in [0.29, 0.717) is 0 Å². The molecule has 2 N–H and O–H groups in total. The third kappa shape index (κ3) is 3.01. The Morgan fingerprint density at radius 2 is 2.40 bits per heavy atom. The second-order valence-corrected chi connectivity index (χ2v) is 4.33. The highest BCUT2D eigenvalue weighted by Crippen LogP contribution is 2.21. The van der Waals surface area contributed by atoms with Crippen LogP contribution in [0.15, 0.2) is 24.4 Å². The fraction of sp³-hybridized carbons (Fsp3) is 0.583. The molecule has 0 amide bonds. The van der Waals surface area contributed by atoms with Crippen LogP contribution in [0.2, 0.25) is 0 Å². The van der Waals surface area contributed by atoms with Crippen molar-refractivity contribution in [2.75, 3.05) is 13.1 Å². The van der Waals surface area contributed by atoms with Crippen LogP contribution in [0.3, 0.4) is 0 Å². The highest BCUT2D eigenvalue weighted by molar-refractivity contribution is 5.04. The first-order valence-electron chi connectivity index (χ1n) is 5.62. The first-order chi connectivity index (χ1) is 7.29. The monoisotopic (exact) mass is 206 g/mol. The predicted octanol–water partition coefficient (Wildman–Crippen LogP) is 1.13. The van der Waals surface area contributed by atoms with Gasteiger partial charge in [0.25, 0.3) is 0 Å². The van der Waals surface area contributed by atoms with Crippen LogP contribution in [0.5, 0.6) is 0 Å². The number of nitrogens with one attached hydrogen (secondary N) is 1. The summed E-state index contributed by atoms with van der Waals surface area (Å²) in [6.07, 6.45) is 5.44. The largest absolute Gasteiger partial charge is 0.389 e. The van der Waals surface area contributed by atoms with Crippen LogP contribution in [0, 0.1) is 0 Å². The molecule has 0 saturated carbocycles. The number of aliphatic hydroxyl groups is 1. The van der Waals surface area contributed by atoms with Gasteiger partial charge in [0.1, 0.15) is 0 Å². The molecule has 1 saturated heterocycles. The van der Waals surface area contributed by atoms with E-state index in [9.17, 15) is 5.11 Å². The van der Waals surface area contributed by atoms with E-state index in [0.717, 1.165) is 44.5 Å². The summed E-state index contributed by atoms with van der Waals surface area (Å²) in [6, 6.07) is 5.92. The van der Waals surface area contributed by atoms with Gasteiger partial charge in [-0.25, -0.2) is 0 Å². The van der Waals surface area contributed by atoms with Crippen molar-refractivity contribution in [2.45, 2.75) is 31.3 Å². The van der Waals surface area contributed by atoms with Crippen molar-refractivity contribution in [3.8, 4) is 0 Å². The minimum absolute atomic E-state index is 0.518. The molecule has 2 heterocycles. The Kier molecular flexibility index (Phi) is 3.34. The smallest absolute Gasteiger partial charge is 0.0775 e. The molecule has 0 aromatic carbocycles. The van der Waals surface area contributed by atoms with Crippen LogP contribution in [0.4, 0.5) is 0 Å². The molecule has 1 aliphatic heterocycles. The van der Waals surface area contributed by atoms with Crippen LogP contribution in [0.25, 0.3) is 0 Å². The number of aromatic nitrogens is 1. The Morgan fingerprint density at radius 1 is 1.47 bits per heavy atom. The summed E-state index contributed by atoms with van der Waals surface area (Å²) in [5.41, 5.74) is 0.548. The van der Waals surface area contributed by atoms with Gasteiger partial charge in [0, 0.05) is 18.4 Å². The summed E-state index contributed by atoms with van der Waals surface area (Å²) in [5.74, 6) is 0. The first-order valence-corrected chi connectivity index (χ1v) is 5.62. The topological polar surface area (TPSA) is 45.2 Å². The van der Waals surface area contributed by atoms with Crippen molar-refractivity contribution in [2.24, 2.45) is 0 Å². The zero-order valence-electron chi connectivity index (χ0n) is 8.95. The van der Waals surface area contributed by atoms with E-state index >= 15 is 0 Å². The van der Waals surface area contributed by atoms with Crippen molar-refractivity contribution in [1.82, 2.24) is 10.3 Å². The lowest BCUT2D eigenvalue weighted by Crippen LogP contribution is -2.45. The van der Waals surface area contributed by atoms with Gasteiger partial charge in [-0.15, -0.1) is 0 Å². The number of piperidine rings is 1. The van der Waals surface area contributed by atoms with Crippen LogP contribution in [-0.4, -0.2) is 28.8 Å². The van der Waals surface area contributed by atoms with Crippen LogP contribution >= 0.6 is 0 Å². The van der Waals surface area contributed by atoms with Gasteiger partial charge in [0.15, 0.2) is 0 Å². The Hall–Kier alpha value is -0.930. The van der Waals surface area contributed by atoms with Gasteiger partial charge in [0.2, 0.25) is 0 Å². The average molecular weight is 206 g/mol. The molecule has 3 nitrogen and oxygen atoms in total. The minimum Gasteiger partial charge on any atom is -0.389 e. The third-order valence-electron chi connectivity index (χ3n) is 3.02. The fourth-order valence-electron chi connectivity index (χ4n) is 2.07. The molecular formula is C12H18N2O. The minimum atomic E-state index is -0.518. The summed E-state index contributed by atoms with van der Waals surface area (Å²) < 4.78 is 0. The fourth-order valence-corrected chi connectivity index (χ4v) is 2.07. The number of β-amino-alcohol motifs (C(OH)–C–C–N with tert-alkyl or cyclic N) is 1. The number of nitrogens with zero attached hydrogens (tertiary/aromatic N) is 1. The second-order valence-electron chi connectivity index (χ2n) is 4.33. The van der Waals surface area contributed by atoms with Crippen molar-refractivity contribution < 1.29 is 5.11 Å². The standard InChI is InChI=1S/C12H18N2O/c15-12(6-3-8-13-10-12)7-5-11-4-1-2-9-14-11/h1-2,4,9,13,15H,3,5-8,10H2. The van der Waals surface area contributed by atoms with E-state index in [-0.39, 0.29) is 0 Å². The highest BCUT2D eigenvalue weighted by atomic mass is 16.3. The maximum absolute atomic E-state index is 10.2. The Labute approximate surface area is 90.5 Å². The van der Waals surface area contributed by atoms with Gasteiger partial charge < -0.3 is 10.4 Å². The Morgan fingerprint density at radius 3 is 3.07 bits per heavy atom. The van der Waals surface area contributed by atoms with Gasteiger partial charge in [-0.3, -0.25) is 4.98 Å². The SMILES string of the molecule is OC1(CCc2ccccn2)CCCNC1. The number of hydrogen-bond donors (Lipinski definition) is 2. The van der Waals surface area contributed by atoms with E-state index in [1.54, 1.807) is 6.20 Å². The Bertz CT molecular complexity index is 294. The molecule has 1 atom stereocenters. The van der Waals surface area contributed by atoms with Crippen molar-refractivity contribution in [1.29, 1.82) is 0 Å². The summed E-state index contributed by atoms with van der Waals surface area (Å²) in [5, 5.41) is 13.5. The third-order valence-corrected chi connectivity index (χ3v) is 3.02. The van der Waals surface area contributed by atoms with E-state index < -0.39 is 5.60 Å². The zero-order chi connectivity index (χ0) is 10.6. The molecule has 15 heavy (non-hydrogen) atoms. The van der Waals surface area contributed by atoms with Crippen LogP contribution in [0.1, 0.15) is 25.0 Å². The first kappa shape index (κ1) is 10.6. The normalized spacial score (nSPS) is 26.5. The molecule has 0 bridgehead atoms. The molecule has 0 aliphatic carbocycles. The van der Waals surface area contributed by atoms with Gasteiger partial charge in [-0.05, 0) is 44.4 Å². The zero-order valence-corrected chi connectivity index (χ0v) is 8.95. The van der Waals surface area contributed by atoms with Crippen molar-refractivity contribution in [3.63, 3.8) is 0 Å². The molecule has 1 aromatic heterocycles. The Balaban J connectivity index is 1.87. The van der Waals surface area contributed by atoms with Gasteiger partial charge in [-0.1, -0.05) is 6.07 Å². The van der Waals surface area contributed by atoms with Crippen LogP contribution in [-0.2, 0) is 6.42 Å². The molecule has 0 spiro atoms. The molecule has 1 unspecified atom stereocenters. The van der Waals surface area contributed by atoms with E-state index in [1.807, 2.05) is 18.2 Å². The van der Waals surface area contributed by atoms with Crippen LogP contribution < -0.4 is 5.32 Å². The quantitative estimate of drug-likeness (QED) is 0.779. The molecule has 1 aromatic rings. The van der Waals surface area contributed by atoms with Gasteiger partial charge in [-0.2, -0.15) is 0 Å². The maximum atomic E-state index is 10.2. The van der Waals surface area contributed by atoms with Crippen molar-refractivity contribution in [3.05, 3.63) is 30.1 Å². The predicted molar refractivity (Wildman–Crippen MR) is 59.6 cm³/mol. The summed E-state index contributed by atoms with van der Waals surface area (Å²) in [4.78, 5) is 4.26.